The minimum Gasteiger partial charge on any atom is -0.434 e. The molecule has 0 radical (unpaired) electrons. The van der Waals surface area contributed by atoms with Crippen LogP contribution in [0.3, 0.4) is 0 Å². The molecular weight excluding hydrogens is 272 g/mol. The van der Waals surface area contributed by atoms with Crippen LogP contribution in [0.1, 0.15) is 31.7 Å². The van der Waals surface area contributed by atoms with Gasteiger partial charge in [-0.15, -0.1) is 0 Å². The van der Waals surface area contributed by atoms with Crippen molar-refractivity contribution in [3.8, 4) is 5.75 Å². The second-order valence-corrected chi connectivity index (χ2v) is 5.43. The Morgan fingerprint density at radius 2 is 2.16 bits per heavy atom. The van der Waals surface area contributed by atoms with Crippen molar-refractivity contribution in [3.63, 3.8) is 0 Å². The Balaban J connectivity index is 1.98. The molecule has 1 atom stereocenters. The van der Waals surface area contributed by atoms with Gasteiger partial charge in [-0.2, -0.15) is 8.78 Å². The Hall–Kier alpha value is -0.870. The average Bonchev–Trinajstić information content (AvgIpc) is 2.26. The molecule has 0 aliphatic heterocycles. The van der Waals surface area contributed by atoms with Crippen LogP contribution in [0, 0.1) is 5.92 Å². The third kappa shape index (κ3) is 4.05. The summed E-state index contributed by atoms with van der Waals surface area (Å²) in [5, 5.41) is 3.88. The van der Waals surface area contributed by atoms with Crippen LogP contribution in [-0.4, -0.2) is 12.7 Å². The maximum absolute atomic E-state index is 12.3. The molecule has 0 aromatic heterocycles. The molecular formula is C14H18ClF2NO. The summed E-state index contributed by atoms with van der Waals surface area (Å²) < 4.78 is 29.1. The molecule has 1 unspecified atom stereocenters. The van der Waals surface area contributed by atoms with Gasteiger partial charge in [-0.25, -0.2) is 0 Å². The molecule has 1 aliphatic carbocycles. The van der Waals surface area contributed by atoms with Crippen molar-refractivity contribution in [2.75, 3.05) is 0 Å². The number of ether oxygens (including phenoxy) is 1. The number of rotatable bonds is 6. The van der Waals surface area contributed by atoms with Gasteiger partial charge in [0.15, 0.2) is 0 Å². The van der Waals surface area contributed by atoms with Gasteiger partial charge in [-0.3, -0.25) is 0 Å². The molecule has 1 N–H and O–H groups in total. The molecule has 106 valence electrons. The first kappa shape index (κ1) is 14.5. The van der Waals surface area contributed by atoms with Crippen molar-refractivity contribution < 1.29 is 13.5 Å². The van der Waals surface area contributed by atoms with Gasteiger partial charge in [-0.05, 0) is 43.9 Å². The van der Waals surface area contributed by atoms with Crippen molar-refractivity contribution in [2.45, 2.75) is 45.4 Å². The van der Waals surface area contributed by atoms with E-state index in [9.17, 15) is 8.78 Å². The SMILES string of the molecule is CC(NCc1cc(Cl)ccc1OC(F)F)C1CCC1. The van der Waals surface area contributed by atoms with Crippen molar-refractivity contribution in [3.05, 3.63) is 28.8 Å². The number of halogens is 3. The van der Waals surface area contributed by atoms with Crippen LogP contribution in [0.5, 0.6) is 5.75 Å². The molecule has 0 bridgehead atoms. The summed E-state index contributed by atoms with van der Waals surface area (Å²) in [6.07, 6.45) is 3.77. The lowest BCUT2D eigenvalue weighted by molar-refractivity contribution is -0.0505. The van der Waals surface area contributed by atoms with E-state index in [0.717, 1.165) is 0 Å². The third-order valence-corrected chi connectivity index (χ3v) is 3.95. The lowest BCUT2D eigenvalue weighted by atomic mass is 9.80. The van der Waals surface area contributed by atoms with Gasteiger partial charge < -0.3 is 10.1 Å². The Morgan fingerprint density at radius 1 is 1.42 bits per heavy atom. The van der Waals surface area contributed by atoms with E-state index < -0.39 is 6.61 Å². The molecule has 2 nitrogen and oxygen atoms in total. The fraction of sp³-hybridized carbons (Fsp3) is 0.571. The van der Waals surface area contributed by atoms with E-state index in [-0.39, 0.29) is 5.75 Å². The molecule has 0 saturated heterocycles. The summed E-state index contributed by atoms with van der Waals surface area (Å²) in [7, 11) is 0. The number of alkyl halides is 2. The van der Waals surface area contributed by atoms with Crippen LogP contribution in [0.15, 0.2) is 18.2 Å². The first-order valence-electron chi connectivity index (χ1n) is 6.53. The molecule has 0 heterocycles. The van der Waals surface area contributed by atoms with Gasteiger partial charge in [0, 0.05) is 23.2 Å². The first-order valence-corrected chi connectivity index (χ1v) is 6.90. The number of hydrogen-bond donors (Lipinski definition) is 1. The monoisotopic (exact) mass is 289 g/mol. The topological polar surface area (TPSA) is 21.3 Å². The Bertz CT molecular complexity index is 424. The standard InChI is InChI=1S/C14H18ClF2NO/c1-9(10-3-2-4-10)18-8-11-7-12(15)5-6-13(11)19-14(16)17/h5-7,9-10,14,18H,2-4,8H2,1H3. The fourth-order valence-electron chi connectivity index (χ4n) is 2.27. The van der Waals surface area contributed by atoms with E-state index in [1.807, 2.05) is 0 Å². The van der Waals surface area contributed by atoms with Gasteiger partial charge in [0.05, 0.1) is 0 Å². The van der Waals surface area contributed by atoms with E-state index in [1.165, 1.54) is 25.3 Å². The highest BCUT2D eigenvalue weighted by molar-refractivity contribution is 6.30. The largest absolute Gasteiger partial charge is 0.434 e. The summed E-state index contributed by atoms with van der Waals surface area (Å²) in [4.78, 5) is 0. The Morgan fingerprint density at radius 3 is 2.74 bits per heavy atom. The average molecular weight is 290 g/mol. The second kappa shape index (κ2) is 6.53. The Kier molecular flexibility index (Phi) is 4.99. The van der Waals surface area contributed by atoms with E-state index in [4.69, 9.17) is 11.6 Å². The van der Waals surface area contributed by atoms with Crippen molar-refractivity contribution in [1.82, 2.24) is 5.32 Å². The normalized spacial score (nSPS) is 17.3. The molecule has 1 fully saturated rings. The quantitative estimate of drug-likeness (QED) is 0.846. The number of nitrogens with one attached hydrogen (secondary N) is 1. The molecule has 1 aromatic carbocycles. The van der Waals surface area contributed by atoms with Gasteiger partial charge in [-0.1, -0.05) is 18.0 Å². The number of hydrogen-bond acceptors (Lipinski definition) is 2. The highest BCUT2D eigenvalue weighted by atomic mass is 35.5. The summed E-state index contributed by atoms with van der Waals surface area (Å²) in [6, 6.07) is 5.09. The summed E-state index contributed by atoms with van der Waals surface area (Å²) in [5.74, 6) is 0.881. The minimum absolute atomic E-state index is 0.188. The van der Waals surface area contributed by atoms with Gasteiger partial charge in [0.2, 0.25) is 0 Å². The maximum Gasteiger partial charge on any atom is 0.387 e. The van der Waals surface area contributed by atoms with Crippen LogP contribution >= 0.6 is 11.6 Å². The molecule has 2 rings (SSSR count). The number of benzene rings is 1. The fourth-order valence-corrected chi connectivity index (χ4v) is 2.47. The maximum atomic E-state index is 12.3. The highest BCUT2D eigenvalue weighted by Crippen LogP contribution is 2.30. The summed E-state index contributed by atoms with van der Waals surface area (Å²) in [5.41, 5.74) is 0.666. The molecule has 1 saturated carbocycles. The van der Waals surface area contributed by atoms with Crippen molar-refractivity contribution in [2.24, 2.45) is 5.92 Å². The highest BCUT2D eigenvalue weighted by Gasteiger charge is 2.23. The van der Waals surface area contributed by atoms with Crippen molar-refractivity contribution >= 4 is 11.6 Å². The van der Waals surface area contributed by atoms with E-state index >= 15 is 0 Å². The predicted molar refractivity (Wildman–Crippen MR) is 71.7 cm³/mol. The third-order valence-electron chi connectivity index (χ3n) is 3.71. The molecule has 1 aliphatic rings. The van der Waals surface area contributed by atoms with Gasteiger partial charge in [0.25, 0.3) is 0 Å². The zero-order valence-corrected chi connectivity index (χ0v) is 11.6. The predicted octanol–water partition coefficient (Wildman–Crippen LogP) is 4.22. The lowest BCUT2D eigenvalue weighted by Gasteiger charge is -2.32. The molecule has 1 aromatic rings. The molecule has 19 heavy (non-hydrogen) atoms. The zero-order valence-electron chi connectivity index (χ0n) is 10.8. The van der Waals surface area contributed by atoms with Crippen LogP contribution in [0.2, 0.25) is 5.02 Å². The van der Waals surface area contributed by atoms with Crippen LogP contribution in [0.4, 0.5) is 8.78 Å². The van der Waals surface area contributed by atoms with Gasteiger partial charge in [0.1, 0.15) is 5.75 Å². The van der Waals surface area contributed by atoms with E-state index in [1.54, 1.807) is 12.1 Å². The summed E-state index contributed by atoms with van der Waals surface area (Å²) in [6.45, 7) is -0.202. The van der Waals surface area contributed by atoms with Gasteiger partial charge >= 0.3 is 6.61 Å². The second-order valence-electron chi connectivity index (χ2n) is 4.99. The minimum atomic E-state index is -2.82. The van der Waals surface area contributed by atoms with E-state index in [2.05, 4.69) is 17.0 Å². The summed E-state index contributed by atoms with van der Waals surface area (Å²) >= 11 is 5.90. The molecule has 0 spiro atoms. The van der Waals surface area contributed by atoms with E-state index in [0.29, 0.717) is 29.1 Å². The molecule has 5 heteroatoms. The first-order chi connectivity index (χ1) is 9.06. The Labute approximate surface area is 117 Å². The smallest absolute Gasteiger partial charge is 0.387 e. The lowest BCUT2D eigenvalue weighted by Crippen LogP contribution is -2.36. The molecule has 0 amide bonds. The van der Waals surface area contributed by atoms with Crippen LogP contribution < -0.4 is 10.1 Å². The van der Waals surface area contributed by atoms with Crippen LogP contribution in [-0.2, 0) is 6.54 Å². The van der Waals surface area contributed by atoms with Crippen molar-refractivity contribution in [1.29, 1.82) is 0 Å². The van der Waals surface area contributed by atoms with Crippen LogP contribution in [0.25, 0.3) is 0 Å². The zero-order chi connectivity index (χ0) is 13.8.